The molecule has 1 amide bonds. The predicted octanol–water partition coefficient (Wildman–Crippen LogP) is 2.56. The summed E-state index contributed by atoms with van der Waals surface area (Å²) >= 11 is 5.94. The van der Waals surface area contributed by atoms with Gasteiger partial charge in [0.1, 0.15) is 5.75 Å². The van der Waals surface area contributed by atoms with Crippen molar-refractivity contribution in [3.63, 3.8) is 0 Å². The average Bonchev–Trinajstić information content (AvgIpc) is 2.91. The molecule has 0 atom stereocenters. The van der Waals surface area contributed by atoms with Crippen molar-refractivity contribution < 1.29 is 9.53 Å². The van der Waals surface area contributed by atoms with Gasteiger partial charge in [0.2, 0.25) is 0 Å². The number of hydrogen-bond acceptors (Lipinski definition) is 4. The molecule has 0 spiro atoms. The maximum absolute atomic E-state index is 12.1. The van der Waals surface area contributed by atoms with Gasteiger partial charge >= 0.3 is 0 Å². The van der Waals surface area contributed by atoms with Crippen LogP contribution in [-0.4, -0.2) is 37.7 Å². The summed E-state index contributed by atoms with van der Waals surface area (Å²) in [6, 6.07) is 3.10. The van der Waals surface area contributed by atoms with Crippen LogP contribution in [0, 0.1) is 0 Å². The van der Waals surface area contributed by atoms with Crippen LogP contribution in [0.2, 0.25) is 5.02 Å². The molecule has 1 saturated heterocycles. The lowest BCUT2D eigenvalue weighted by atomic mass is 10.1. The maximum atomic E-state index is 12.1. The number of rotatable bonds is 4. The monoisotopic (exact) mass is 355 g/mol. The van der Waals surface area contributed by atoms with Crippen LogP contribution in [0.4, 0.5) is 5.69 Å². The number of nitrogens with two attached hydrogens (primary N) is 1. The number of hydrogen-bond donors (Lipinski definition) is 2. The van der Waals surface area contributed by atoms with Gasteiger partial charge in [-0.2, -0.15) is 0 Å². The molecular formula is C13H20Cl3N3O2. The van der Waals surface area contributed by atoms with Gasteiger partial charge < -0.3 is 15.8 Å². The number of amides is 1. The van der Waals surface area contributed by atoms with Crippen LogP contribution in [0.25, 0.3) is 0 Å². The van der Waals surface area contributed by atoms with Crippen molar-refractivity contribution in [1.82, 2.24) is 10.2 Å². The van der Waals surface area contributed by atoms with Gasteiger partial charge in [-0.25, -0.2) is 0 Å². The summed E-state index contributed by atoms with van der Waals surface area (Å²) in [6.07, 6.45) is 2.37. The van der Waals surface area contributed by atoms with E-state index in [1.165, 1.54) is 26.0 Å². The van der Waals surface area contributed by atoms with Crippen molar-refractivity contribution in [1.29, 1.82) is 0 Å². The van der Waals surface area contributed by atoms with Crippen molar-refractivity contribution in [2.45, 2.75) is 12.8 Å². The standard InChI is InChI=1S/C13H18ClN3O2.2ClH/c1-19-12-7-11(15)10(14)6-9(12)13(18)16-8-17-4-2-3-5-17;;/h6-7H,2-5,8,15H2,1H3,(H,16,18);2*1H. The summed E-state index contributed by atoms with van der Waals surface area (Å²) in [4.78, 5) is 14.3. The Kier molecular flexibility index (Phi) is 8.82. The first kappa shape index (κ1) is 20.1. The molecule has 1 aliphatic heterocycles. The molecule has 1 aromatic rings. The molecule has 0 aromatic heterocycles. The number of halogens is 3. The van der Waals surface area contributed by atoms with Gasteiger partial charge in [-0.15, -0.1) is 24.8 Å². The fourth-order valence-corrected chi connectivity index (χ4v) is 2.30. The Labute approximate surface area is 142 Å². The smallest absolute Gasteiger partial charge is 0.256 e. The van der Waals surface area contributed by atoms with E-state index in [0.717, 1.165) is 13.1 Å². The molecule has 8 heteroatoms. The van der Waals surface area contributed by atoms with Crippen LogP contribution < -0.4 is 15.8 Å². The van der Waals surface area contributed by atoms with E-state index in [-0.39, 0.29) is 30.7 Å². The maximum Gasteiger partial charge on any atom is 0.256 e. The summed E-state index contributed by atoms with van der Waals surface area (Å²) in [5, 5.41) is 3.22. The van der Waals surface area contributed by atoms with Crippen LogP contribution in [0.15, 0.2) is 12.1 Å². The summed E-state index contributed by atoms with van der Waals surface area (Å²) in [7, 11) is 1.50. The third kappa shape index (κ3) is 5.11. The molecule has 0 unspecified atom stereocenters. The summed E-state index contributed by atoms with van der Waals surface area (Å²) in [5.41, 5.74) is 6.49. The molecular weight excluding hydrogens is 337 g/mol. The molecule has 3 N–H and O–H groups in total. The molecule has 0 saturated carbocycles. The summed E-state index contributed by atoms with van der Waals surface area (Å²) in [6.45, 7) is 2.60. The van der Waals surface area contributed by atoms with Crippen LogP contribution in [-0.2, 0) is 0 Å². The van der Waals surface area contributed by atoms with Crippen LogP contribution >= 0.6 is 36.4 Å². The number of anilines is 1. The predicted molar refractivity (Wildman–Crippen MR) is 90.1 cm³/mol. The Bertz CT molecular complexity index is 480. The fraction of sp³-hybridized carbons (Fsp3) is 0.462. The lowest BCUT2D eigenvalue weighted by molar-refractivity contribution is 0.0927. The highest BCUT2D eigenvalue weighted by Gasteiger charge is 2.17. The largest absolute Gasteiger partial charge is 0.496 e. The van der Waals surface area contributed by atoms with E-state index < -0.39 is 0 Å². The van der Waals surface area contributed by atoms with Gasteiger partial charge in [0.25, 0.3) is 5.91 Å². The van der Waals surface area contributed by atoms with Gasteiger partial charge in [-0.1, -0.05) is 11.6 Å². The molecule has 1 aliphatic rings. The number of carbonyl (C=O) groups excluding carboxylic acids is 1. The van der Waals surface area contributed by atoms with E-state index in [9.17, 15) is 4.79 Å². The highest BCUT2D eigenvalue weighted by molar-refractivity contribution is 6.33. The number of methoxy groups -OCH3 is 1. The minimum absolute atomic E-state index is 0. The topological polar surface area (TPSA) is 67.6 Å². The van der Waals surface area contributed by atoms with E-state index in [1.807, 2.05) is 0 Å². The Morgan fingerprint density at radius 2 is 2.00 bits per heavy atom. The molecule has 2 rings (SSSR count). The number of ether oxygens (including phenoxy) is 1. The Morgan fingerprint density at radius 1 is 1.38 bits per heavy atom. The van der Waals surface area contributed by atoms with E-state index in [0.29, 0.717) is 28.7 Å². The third-order valence-corrected chi connectivity index (χ3v) is 3.55. The first-order chi connectivity index (χ1) is 9.11. The number of nitrogens with zero attached hydrogens (tertiary/aromatic N) is 1. The van der Waals surface area contributed by atoms with Crippen molar-refractivity contribution in [2.24, 2.45) is 0 Å². The van der Waals surface area contributed by atoms with Crippen LogP contribution in [0.1, 0.15) is 23.2 Å². The SMILES string of the molecule is COc1cc(N)c(Cl)cc1C(=O)NCN1CCCC1.Cl.Cl. The molecule has 1 heterocycles. The molecule has 5 nitrogen and oxygen atoms in total. The van der Waals surface area contributed by atoms with Crippen molar-refractivity contribution in [3.05, 3.63) is 22.7 Å². The molecule has 0 radical (unpaired) electrons. The zero-order chi connectivity index (χ0) is 13.8. The Balaban J connectivity index is 0.00000200. The first-order valence-electron chi connectivity index (χ1n) is 6.25. The first-order valence-corrected chi connectivity index (χ1v) is 6.63. The van der Waals surface area contributed by atoms with Crippen molar-refractivity contribution >= 4 is 48.0 Å². The zero-order valence-electron chi connectivity index (χ0n) is 11.7. The second-order valence-electron chi connectivity index (χ2n) is 4.56. The van der Waals surface area contributed by atoms with Crippen LogP contribution in [0.5, 0.6) is 5.75 Å². The number of nitrogens with one attached hydrogen (secondary N) is 1. The van der Waals surface area contributed by atoms with Gasteiger partial charge in [0, 0.05) is 6.07 Å². The number of carbonyl (C=O) groups is 1. The Hall–Kier alpha value is -0.880. The van der Waals surface area contributed by atoms with E-state index >= 15 is 0 Å². The second-order valence-corrected chi connectivity index (χ2v) is 4.97. The number of likely N-dealkylation sites (tertiary alicyclic amines) is 1. The van der Waals surface area contributed by atoms with Crippen molar-refractivity contribution in [3.8, 4) is 5.75 Å². The molecule has 1 aromatic carbocycles. The van der Waals surface area contributed by atoms with Gasteiger partial charge in [0.05, 0.1) is 30.1 Å². The average molecular weight is 357 g/mol. The molecule has 0 bridgehead atoms. The summed E-state index contributed by atoms with van der Waals surface area (Å²) < 4.78 is 5.16. The molecule has 0 aliphatic carbocycles. The quantitative estimate of drug-likeness (QED) is 0.814. The fourth-order valence-electron chi connectivity index (χ4n) is 2.14. The highest BCUT2D eigenvalue weighted by Crippen LogP contribution is 2.28. The third-order valence-electron chi connectivity index (χ3n) is 3.23. The van der Waals surface area contributed by atoms with E-state index in [1.54, 1.807) is 6.07 Å². The summed E-state index contributed by atoms with van der Waals surface area (Å²) in [5.74, 6) is 0.228. The number of nitrogen functional groups attached to an aromatic ring is 1. The number of benzene rings is 1. The molecule has 21 heavy (non-hydrogen) atoms. The van der Waals surface area contributed by atoms with Crippen molar-refractivity contribution in [2.75, 3.05) is 32.6 Å². The minimum atomic E-state index is -0.203. The molecule has 120 valence electrons. The highest BCUT2D eigenvalue weighted by atomic mass is 35.5. The van der Waals surface area contributed by atoms with E-state index in [4.69, 9.17) is 22.1 Å². The second kappa shape index (κ2) is 9.20. The minimum Gasteiger partial charge on any atom is -0.496 e. The Morgan fingerprint density at radius 3 is 2.57 bits per heavy atom. The van der Waals surface area contributed by atoms with Gasteiger partial charge in [-0.3, -0.25) is 9.69 Å². The lowest BCUT2D eigenvalue weighted by Crippen LogP contribution is -2.36. The van der Waals surface area contributed by atoms with E-state index in [2.05, 4.69) is 10.2 Å². The van der Waals surface area contributed by atoms with Gasteiger partial charge in [-0.05, 0) is 32.0 Å². The van der Waals surface area contributed by atoms with Gasteiger partial charge in [0.15, 0.2) is 0 Å². The lowest BCUT2D eigenvalue weighted by Gasteiger charge is -2.16. The zero-order valence-corrected chi connectivity index (χ0v) is 14.1. The molecule has 1 fully saturated rings. The normalized spacial score (nSPS) is 14.0. The van der Waals surface area contributed by atoms with Crippen LogP contribution in [0.3, 0.4) is 0 Å².